The topological polar surface area (TPSA) is 98.7 Å². The number of para-hydroxylation sites is 3. The molecular weight excluding hydrogens is 488 g/mol. The summed E-state index contributed by atoms with van der Waals surface area (Å²) in [5.41, 5.74) is 4.51. The van der Waals surface area contributed by atoms with Crippen molar-refractivity contribution in [2.45, 2.75) is 17.2 Å². The van der Waals surface area contributed by atoms with Gasteiger partial charge in [0.1, 0.15) is 11.5 Å². The summed E-state index contributed by atoms with van der Waals surface area (Å²) < 4.78 is 12.9. The first-order valence-corrected chi connectivity index (χ1v) is 12.3. The molecule has 0 saturated carbocycles. The van der Waals surface area contributed by atoms with E-state index in [0.29, 0.717) is 38.3 Å². The summed E-state index contributed by atoms with van der Waals surface area (Å²) in [5, 5.41) is 5.45. The first-order valence-electron chi connectivity index (χ1n) is 11.4. The molecule has 184 valence electrons. The van der Waals surface area contributed by atoms with Crippen LogP contribution in [-0.2, 0) is 4.79 Å². The number of ether oxygens (including phenoxy) is 1. The molecule has 0 spiro atoms. The van der Waals surface area contributed by atoms with Crippen LogP contribution >= 0.6 is 11.8 Å². The number of carbonyl (C=O) groups is 1. The van der Waals surface area contributed by atoms with Crippen LogP contribution in [-0.4, -0.2) is 28.3 Å². The van der Waals surface area contributed by atoms with Gasteiger partial charge in [0.25, 0.3) is 11.5 Å². The van der Waals surface area contributed by atoms with Gasteiger partial charge in [0.15, 0.2) is 16.9 Å². The number of nitrogens with zero attached hydrogens (tertiary/aromatic N) is 3. The molecule has 5 rings (SSSR count). The van der Waals surface area contributed by atoms with Crippen LogP contribution in [0.15, 0.2) is 116 Å². The molecule has 3 aromatic carbocycles. The highest BCUT2D eigenvalue weighted by Gasteiger charge is 2.15. The summed E-state index contributed by atoms with van der Waals surface area (Å²) in [4.78, 5) is 30.1. The van der Waals surface area contributed by atoms with E-state index in [1.807, 2.05) is 73.7 Å². The third-order valence-electron chi connectivity index (χ3n) is 5.39. The molecule has 9 heteroatoms. The number of hydrogen-bond acceptors (Lipinski definition) is 7. The van der Waals surface area contributed by atoms with E-state index in [9.17, 15) is 9.59 Å². The van der Waals surface area contributed by atoms with Crippen molar-refractivity contribution in [3.8, 4) is 11.4 Å². The van der Waals surface area contributed by atoms with Gasteiger partial charge in [-0.05, 0) is 66.7 Å². The van der Waals surface area contributed by atoms with E-state index in [0.717, 1.165) is 5.56 Å². The van der Waals surface area contributed by atoms with Crippen LogP contribution in [0, 0.1) is 6.92 Å². The molecule has 0 aliphatic rings. The SMILES string of the molecule is Cc1ccccc1OCC(=O)NN=Cc1ccc(Sc2nc3ccccc3c(=O)n2-c2ccccc2)o1. The summed E-state index contributed by atoms with van der Waals surface area (Å²) in [5.74, 6) is 0.676. The lowest BCUT2D eigenvalue weighted by molar-refractivity contribution is -0.123. The fourth-order valence-electron chi connectivity index (χ4n) is 3.60. The van der Waals surface area contributed by atoms with Crippen molar-refractivity contribution in [2.75, 3.05) is 6.61 Å². The molecule has 0 atom stereocenters. The Morgan fingerprint density at radius 1 is 1.03 bits per heavy atom. The van der Waals surface area contributed by atoms with Crippen LogP contribution in [0.5, 0.6) is 5.75 Å². The van der Waals surface area contributed by atoms with Crippen molar-refractivity contribution >= 4 is 34.8 Å². The van der Waals surface area contributed by atoms with Crippen molar-refractivity contribution in [1.29, 1.82) is 0 Å². The van der Waals surface area contributed by atoms with Gasteiger partial charge >= 0.3 is 0 Å². The number of aryl methyl sites for hydroxylation is 1. The number of nitrogens with one attached hydrogen (secondary N) is 1. The number of amides is 1. The Hall–Kier alpha value is -4.63. The number of benzene rings is 3. The van der Waals surface area contributed by atoms with Crippen molar-refractivity contribution in [3.63, 3.8) is 0 Å². The standard InChI is InChI=1S/C28H22N4O4S/c1-19-9-5-8-14-24(19)35-18-25(33)31-29-17-21-15-16-26(36-21)37-28-30-23-13-7-6-12-22(23)27(34)32(28)20-10-3-2-4-11-20/h2-17H,18H2,1H3,(H,31,33). The van der Waals surface area contributed by atoms with E-state index in [1.165, 1.54) is 18.0 Å². The monoisotopic (exact) mass is 510 g/mol. The third kappa shape index (κ3) is 5.62. The van der Waals surface area contributed by atoms with Gasteiger partial charge in [0, 0.05) is 0 Å². The zero-order valence-corrected chi connectivity index (χ0v) is 20.6. The Kier molecular flexibility index (Phi) is 7.14. The fraction of sp³-hybridized carbons (Fsp3) is 0.0714. The molecule has 0 radical (unpaired) electrons. The molecule has 0 unspecified atom stereocenters. The van der Waals surface area contributed by atoms with E-state index < -0.39 is 5.91 Å². The van der Waals surface area contributed by atoms with Crippen molar-refractivity contribution < 1.29 is 13.9 Å². The van der Waals surface area contributed by atoms with Crippen molar-refractivity contribution in [3.05, 3.63) is 113 Å². The summed E-state index contributed by atoms with van der Waals surface area (Å²) in [6, 6.07) is 27.5. The Balaban J connectivity index is 1.30. The minimum absolute atomic E-state index is 0.161. The summed E-state index contributed by atoms with van der Waals surface area (Å²) in [6.45, 7) is 1.75. The number of aromatic nitrogens is 2. The highest BCUT2D eigenvalue weighted by Crippen LogP contribution is 2.29. The van der Waals surface area contributed by atoms with Gasteiger partial charge in [-0.2, -0.15) is 5.10 Å². The van der Waals surface area contributed by atoms with E-state index in [1.54, 1.807) is 28.8 Å². The molecule has 8 nitrogen and oxygen atoms in total. The van der Waals surface area contributed by atoms with Gasteiger partial charge in [-0.15, -0.1) is 0 Å². The molecule has 2 heterocycles. The van der Waals surface area contributed by atoms with E-state index >= 15 is 0 Å². The first kappa shape index (κ1) is 24.1. The number of carbonyl (C=O) groups excluding carboxylic acids is 1. The normalized spacial score (nSPS) is 11.2. The Morgan fingerprint density at radius 3 is 2.62 bits per heavy atom. The van der Waals surface area contributed by atoms with E-state index in [4.69, 9.17) is 14.1 Å². The van der Waals surface area contributed by atoms with Crippen LogP contribution in [0.3, 0.4) is 0 Å². The van der Waals surface area contributed by atoms with Gasteiger partial charge in [-0.3, -0.25) is 14.2 Å². The second-order valence-electron chi connectivity index (χ2n) is 7.99. The largest absolute Gasteiger partial charge is 0.483 e. The maximum absolute atomic E-state index is 13.3. The molecule has 0 bridgehead atoms. The summed E-state index contributed by atoms with van der Waals surface area (Å²) in [6.07, 6.45) is 1.40. The molecule has 0 saturated heterocycles. The van der Waals surface area contributed by atoms with E-state index in [2.05, 4.69) is 10.5 Å². The average molecular weight is 511 g/mol. The Bertz CT molecular complexity index is 1640. The average Bonchev–Trinajstić information content (AvgIpc) is 3.36. The van der Waals surface area contributed by atoms with Gasteiger partial charge in [0.2, 0.25) is 0 Å². The number of rotatable bonds is 8. The fourth-order valence-corrected chi connectivity index (χ4v) is 4.47. The van der Waals surface area contributed by atoms with Gasteiger partial charge in [0.05, 0.1) is 22.8 Å². The minimum atomic E-state index is -0.395. The second-order valence-corrected chi connectivity index (χ2v) is 8.97. The van der Waals surface area contributed by atoms with Gasteiger partial charge in [-0.1, -0.05) is 48.5 Å². The quantitative estimate of drug-likeness (QED) is 0.180. The molecule has 0 aliphatic heterocycles. The van der Waals surface area contributed by atoms with Crippen LogP contribution in [0.2, 0.25) is 0 Å². The molecule has 2 aromatic heterocycles. The van der Waals surface area contributed by atoms with Crippen molar-refractivity contribution in [2.24, 2.45) is 5.10 Å². The highest BCUT2D eigenvalue weighted by atomic mass is 32.2. The maximum Gasteiger partial charge on any atom is 0.277 e. The van der Waals surface area contributed by atoms with Gasteiger partial charge < -0.3 is 9.15 Å². The molecular formula is C28H22N4O4S. The number of furan rings is 1. The predicted octanol–water partition coefficient (Wildman–Crippen LogP) is 4.97. The molecule has 37 heavy (non-hydrogen) atoms. The first-order chi connectivity index (χ1) is 18.1. The van der Waals surface area contributed by atoms with E-state index in [-0.39, 0.29) is 12.2 Å². The highest BCUT2D eigenvalue weighted by molar-refractivity contribution is 7.99. The molecule has 5 aromatic rings. The zero-order valence-electron chi connectivity index (χ0n) is 19.8. The Labute approximate surface area is 216 Å². The molecule has 0 aliphatic carbocycles. The summed E-state index contributed by atoms with van der Waals surface area (Å²) >= 11 is 1.22. The molecule has 1 amide bonds. The smallest absolute Gasteiger partial charge is 0.277 e. The van der Waals surface area contributed by atoms with Crippen LogP contribution in [0.25, 0.3) is 16.6 Å². The van der Waals surface area contributed by atoms with Crippen molar-refractivity contribution in [1.82, 2.24) is 15.0 Å². The second kappa shape index (κ2) is 11.0. The lowest BCUT2D eigenvalue weighted by atomic mass is 10.2. The molecule has 0 fully saturated rings. The number of hydrogen-bond donors (Lipinski definition) is 1. The van der Waals surface area contributed by atoms with Crippen LogP contribution < -0.4 is 15.7 Å². The maximum atomic E-state index is 13.3. The molecule has 1 N–H and O–H groups in total. The van der Waals surface area contributed by atoms with Gasteiger partial charge in [-0.25, -0.2) is 10.4 Å². The number of fused-ring (bicyclic) bond motifs is 1. The number of hydrazone groups is 1. The lowest BCUT2D eigenvalue weighted by Crippen LogP contribution is -2.24. The lowest BCUT2D eigenvalue weighted by Gasteiger charge is -2.12. The van der Waals surface area contributed by atoms with Crippen LogP contribution in [0.4, 0.5) is 0 Å². The summed E-state index contributed by atoms with van der Waals surface area (Å²) in [7, 11) is 0. The minimum Gasteiger partial charge on any atom is -0.483 e. The predicted molar refractivity (Wildman–Crippen MR) is 143 cm³/mol. The zero-order chi connectivity index (χ0) is 25.6. The van der Waals surface area contributed by atoms with Crippen LogP contribution in [0.1, 0.15) is 11.3 Å². The Morgan fingerprint density at radius 2 is 1.78 bits per heavy atom. The third-order valence-corrected chi connectivity index (χ3v) is 6.26.